The van der Waals surface area contributed by atoms with Crippen LogP contribution in [-0.4, -0.2) is 19.3 Å². The van der Waals surface area contributed by atoms with Crippen LogP contribution in [0.5, 0.6) is 0 Å². The second-order valence-electron chi connectivity index (χ2n) is 4.14. The molecule has 0 bridgehead atoms. The molecule has 2 nitrogen and oxygen atoms in total. The maximum Gasteiger partial charge on any atom is 0.162 e. The van der Waals surface area contributed by atoms with E-state index in [1.807, 2.05) is 6.92 Å². The van der Waals surface area contributed by atoms with Crippen molar-refractivity contribution in [3.8, 4) is 0 Å². The highest BCUT2D eigenvalue weighted by Gasteiger charge is 2.19. The van der Waals surface area contributed by atoms with E-state index in [0.29, 0.717) is 5.56 Å². The van der Waals surface area contributed by atoms with Gasteiger partial charge in [-0.15, -0.1) is 0 Å². The Morgan fingerprint density at radius 3 is 2.65 bits per heavy atom. The number of nitrogens with two attached hydrogens (primary N) is 1. The third-order valence-corrected chi connectivity index (χ3v) is 2.84. The highest BCUT2D eigenvalue weighted by atomic mass is 19.2. The first-order chi connectivity index (χ1) is 8.10. The number of halogens is 2. The smallest absolute Gasteiger partial charge is 0.162 e. The fraction of sp³-hybridized carbons (Fsp3) is 0.538. The van der Waals surface area contributed by atoms with Crippen LogP contribution in [0.25, 0.3) is 0 Å². The molecule has 2 unspecified atom stereocenters. The Labute approximate surface area is 101 Å². The van der Waals surface area contributed by atoms with Crippen LogP contribution < -0.4 is 5.73 Å². The van der Waals surface area contributed by atoms with E-state index in [4.69, 9.17) is 10.5 Å². The zero-order valence-electron chi connectivity index (χ0n) is 10.2. The first-order valence-electron chi connectivity index (χ1n) is 5.81. The summed E-state index contributed by atoms with van der Waals surface area (Å²) >= 11 is 0. The van der Waals surface area contributed by atoms with E-state index < -0.39 is 11.6 Å². The lowest BCUT2D eigenvalue weighted by Crippen LogP contribution is -2.38. The summed E-state index contributed by atoms with van der Waals surface area (Å²) in [4.78, 5) is 0. The van der Waals surface area contributed by atoms with E-state index in [0.717, 1.165) is 18.9 Å². The number of benzene rings is 1. The molecule has 0 aromatic heterocycles. The molecule has 0 radical (unpaired) electrons. The summed E-state index contributed by atoms with van der Waals surface area (Å²) in [6.07, 6.45) is 1.91. The van der Waals surface area contributed by atoms with E-state index in [-0.39, 0.29) is 18.6 Å². The normalized spacial score (nSPS) is 14.6. The fourth-order valence-electron chi connectivity index (χ4n) is 1.88. The highest BCUT2D eigenvalue weighted by Crippen LogP contribution is 2.15. The van der Waals surface area contributed by atoms with Gasteiger partial charge in [0.05, 0.1) is 6.10 Å². The molecule has 0 heterocycles. The van der Waals surface area contributed by atoms with Crippen molar-refractivity contribution in [3.63, 3.8) is 0 Å². The Kier molecular flexibility index (Phi) is 5.51. The van der Waals surface area contributed by atoms with Gasteiger partial charge < -0.3 is 10.5 Å². The van der Waals surface area contributed by atoms with Crippen molar-refractivity contribution >= 4 is 0 Å². The van der Waals surface area contributed by atoms with Gasteiger partial charge in [-0.1, -0.05) is 25.5 Å². The summed E-state index contributed by atoms with van der Waals surface area (Å²) < 4.78 is 31.7. The number of hydrogen-bond acceptors (Lipinski definition) is 2. The zero-order chi connectivity index (χ0) is 12.8. The van der Waals surface area contributed by atoms with Crippen LogP contribution in [0.1, 0.15) is 25.3 Å². The predicted octanol–water partition coefficient (Wildman–Crippen LogP) is 2.65. The van der Waals surface area contributed by atoms with Crippen LogP contribution in [-0.2, 0) is 11.2 Å². The predicted molar refractivity (Wildman–Crippen MR) is 63.7 cm³/mol. The molecular weight excluding hydrogens is 224 g/mol. The molecule has 0 amide bonds. The lowest BCUT2D eigenvalue weighted by atomic mass is 9.98. The molecule has 0 saturated heterocycles. The monoisotopic (exact) mass is 243 g/mol. The van der Waals surface area contributed by atoms with E-state index in [1.165, 1.54) is 6.07 Å². The Morgan fingerprint density at radius 2 is 2.06 bits per heavy atom. The second kappa shape index (κ2) is 6.67. The van der Waals surface area contributed by atoms with Gasteiger partial charge in [0.15, 0.2) is 11.6 Å². The van der Waals surface area contributed by atoms with Gasteiger partial charge in [0.1, 0.15) is 0 Å². The van der Waals surface area contributed by atoms with Crippen LogP contribution >= 0.6 is 0 Å². The maximum atomic E-state index is 13.4. The molecule has 4 heteroatoms. The molecule has 1 aromatic carbocycles. The van der Waals surface area contributed by atoms with E-state index in [9.17, 15) is 8.78 Å². The molecule has 0 aliphatic heterocycles. The first kappa shape index (κ1) is 14.1. The van der Waals surface area contributed by atoms with Crippen molar-refractivity contribution in [3.05, 3.63) is 35.4 Å². The van der Waals surface area contributed by atoms with E-state index in [1.54, 1.807) is 13.2 Å². The van der Waals surface area contributed by atoms with Crippen molar-refractivity contribution in [1.82, 2.24) is 0 Å². The molecule has 2 atom stereocenters. The van der Waals surface area contributed by atoms with Crippen molar-refractivity contribution < 1.29 is 13.5 Å². The first-order valence-corrected chi connectivity index (χ1v) is 5.81. The van der Waals surface area contributed by atoms with Gasteiger partial charge >= 0.3 is 0 Å². The van der Waals surface area contributed by atoms with Gasteiger partial charge in [-0.05, 0) is 24.5 Å². The Morgan fingerprint density at radius 1 is 1.35 bits per heavy atom. The highest BCUT2D eigenvalue weighted by molar-refractivity contribution is 5.20. The standard InChI is InChI=1S/C13H19F2NO/c1-3-5-12(17-2)11(16)8-9-6-4-7-10(14)13(9)15/h4,6-7,11-12H,3,5,8,16H2,1-2H3. The molecular formula is C13H19F2NO. The van der Waals surface area contributed by atoms with Crippen LogP contribution in [0, 0.1) is 11.6 Å². The van der Waals surface area contributed by atoms with Gasteiger partial charge in [0.25, 0.3) is 0 Å². The molecule has 0 aliphatic carbocycles. The summed E-state index contributed by atoms with van der Waals surface area (Å²) in [6, 6.07) is 3.82. The van der Waals surface area contributed by atoms with Gasteiger partial charge in [-0.25, -0.2) is 8.78 Å². The summed E-state index contributed by atoms with van der Waals surface area (Å²) in [7, 11) is 1.59. The number of rotatable bonds is 6. The molecule has 0 fully saturated rings. The lowest BCUT2D eigenvalue weighted by molar-refractivity contribution is 0.0724. The second-order valence-corrected chi connectivity index (χ2v) is 4.14. The zero-order valence-corrected chi connectivity index (χ0v) is 10.2. The minimum atomic E-state index is -0.834. The largest absolute Gasteiger partial charge is 0.380 e. The van der Waals surface area contributed by atoms with Crippen LogP contribution in [0.4, 0.5) is 8.78 Å². The van der Waals surface area contributed by atoms with Crippen molar-refractivity contribution in [2.24, 2.45) is 5.73 Å². The van der Waals surface area contributed by atoms with Crippen LogP contribution in [0.2, 0.25) is 0 Å². The average Bonchev–Trinajstić information content (AvgIpc) is 2.31. The van der Waals surface area contributed by atoms with Crippen molar-refractivity contribution in [2.75, 3.05) is 7.11 Å². The summed E-state index contributed by atoms with van der Waals surface area (Å²) in [5, 5.41) is 0. The Balaban J connectivity index is 2.72. The molecule has 96 valence electrons. The van der Waals surface area contributed by atoms with Crippen molar-refractivity contribution in [1.29, 1.82) is 0 Å². The Hall–Kier alpha value is -1.00. The summed E-state index contributed by atoms with van der Waals surface area (Å²) in [5.41, 5.74) is 6.25. The third kappa shape index (κ3) is 3.75. The van der Waals surface area contributed by atoms with E-state index in [2.05, 4.69) is 0 Å². The topological polar surface area (TPSA) is 35.2 Å². The van der Waals surface area contributed by atoms with Gasteiger partial charge in [-0.3, -0.25) is 0 Å². The van der Waals surface area contributed by atoms with Crippen LogP contribution in [0.3, 0.4) is 0 Å². The molecule has 1 aromatic rings. The SMILES string of the molecule is CCCC(OC)C(N)Cc1cccc(F)c1F. The average molecular weight is 243 g/mol. The van der Waals surface area contributed by atoms with Crippen molar-refractivity contribution in [2.45, 2.75) is 38.3 Å². The van der Waals surface area contributed by atoms with Gasteiger partial charge in [0.2, 0.25) is 0 Å². The number of ether oxygens (including phenoxy) is 1. The quantitative estimate of drug-likeness (QED) is 0.833. The lowest BCUT2D eigenvalue weighted by Gasteiger charge is -2.22. The number of methoxy groups -OCH3 is 1. The molecule has 0 spiro atoms. The maximum absolute atomic E-state index is 13.4. The number of hydrogen-bond donors (Lipinski definition) is 1. The van der Waals surface area contributed by atoms with Gasteiger partial charge in [0, 0.05) is 13.2 Å². The third-order valence-electron chi connectivity index (χ3n) is 2.84. The Bertz CT molecular complexity index is 357. The van der Waals surface area contributed by atoms with Gasteiger partial charge in [-0.2, -0.15) is 0 Å². The van der Waals surface area contributed by atoms with E-state index >= 15 is 0 Å². The molecule has 1 rings (SSSR count). The fourth-order valence-corrected chi connectivity index (χ4v) is 1.88. The molecule has 0 aliphatic rings. The molecule has 17 heavy (non-hydrogen) atoms. The molecule has 2 N–H and O–H groups in total. The van der Waals surface area contributed by atoms with Crippen LogP contribution in [0.15, 0.2) is 18.2 Å². The summed E-state index contributed by atoms with van der Waals surface area (Å²) in [5.74, 6) is -1.64. The summed E-state index contributed by atoms with van der Waals surface area (Å²) in [6.45, 7) is 2.03. The minimum absolute atomic E-state index is 0.123. The minimum Gasteiger partial charge on any atom is -0.380 e. The molecule has 0 saturated carbocycles.